The third-order valence-electron chi connectivity index (χ3n) is 2.35. The molecule has 8 heteroatoms. The number of carbonyl (C=O) groups excluding carboxylic acids is 1. The van der Waals surface area contributed by atoms with Crippen molar-refractivity contribution in [3.05, 3.63) is 5.82 Å². The van der Waals surface area contributed by atoms with Crippen LogP contribution in [0.5, 0.6) is 0 Å². The molecule has 1 rings (SSSR count). The van der Waals surface area contributed by atoms with Gasteiger partial charge in [0.1, 0.15) is 5.82 Å². The zero-order valence-electron chi connectivity index (χ0n) is 10.8. The second-order valence-corrected chi connectivity index (χ2v) is 4.84. The first kappa shape index (κ1) is 15.4. The Morgan fingerprint density at radius 2 is 2.00 bits per heavy atom. The molecule has 0 radical (unpaired) electrons. The molecule has 0 fully saturated rings. The number of nitrogens with zero attached hydrogens (tertiary/aromatic N) is 2. The second-order valence-electron chi connectivity index (χ2n) is 4.09. The summed E-state index contributed by atoms with van der Waals surface area (Å²) in [6.45, 7) is 2.33. The molecule has 1 aromatic heterocycles. The fourth-order valence-electron chi connectivity index (χ4n) is 1.45. The summed E-state index contributed by atoms with van der Waals surface area (Å²) >= 11 is 1.14. The average Bonchev–Trinajstić information content (AvgIpc) is 2.73. The van der Waals surface area contributed by atoms with Crippen LogP contribution >= 0.6 is 11.5 Å². The van der Waals surface area contributed by atoms with Crippen molar-refractivity contribution in [3.8, 4) is 0 Å². The van der Waals surface area contributed by atoms with Gasteiger partial charge < -0.3 is 10.4 Å². The molecule has 2 amide bonds. The van der Waals surface area contributed by atoms with E-state index in [2.05, 4.69) is 20.0 Å². The van der Waals surface area contributed by atoms with E-state index in [0.29, 0.717) is 23.9 Å². The van der Waals surface area contributed by atoms with E-state index in [0.717, 1.165) is 30.8 Å². The van der Waals surface area contributed by atoms with E-state index in [9.17, 15) is 9.59 Å². The maximum atomic E-state index is 11.4. The lowest BCUT2D eigenvalue weighted by Gasteiger charge is -2.04. The van der Waals surface area contributed by atoms with Gasteiger partial charge in [-0.3, -0.25) is 10.1 Å². The Morgan fingerprint density at radius 1 is 1.26 bits per heavy atom. The molecule has 0 atom stereocenters. The number of nitrogens with one attached hydrogen (secondary N) is 2. The normalized spacial score (nSPS) is 10.2. The summed E-state index contributed by atoms with van der Waals surface area (Å²) in [5, 5.41) is 14.2. The van der Waals surface area contributed by atoms with E-state index in [1.54, 1.807) is 6.92 Å². The van der Waals surface area contributed by atoms with E-state index in [1.165, 1.54) is 0 Å². The van der Waals surface area contributed by atoms with Gasteiger partial charge in [-0.15, -0.1) is 0 Å². The Morgan fingerprint density at radius 3 is 2.63 bits per heavy atom. The highest BCUT2D eigenvalue weighted by molar-refractivity contribution is 7.09. The highest BCUT2D eigenvalue weighted by Gasteiger charge is 2.04. The largest absolute Gasteiger partial charge is 0.481 e. The first-order chi connectivity index (χ1) is 9.08. The molecule has 0 bridgehead atoms. The molecule has 0 unspecified atom stereocenters. The van der Waals surface area contributed by atoms with Crippen molar-refractivity contribution in [3.63, 3.8) is 0 Å². The molecule has 1 aromatic rings. The van der Waals surface area contributed by atoms with Crippen LogP contribution in [0, 0.1) is 6.92 Å². The minimum Gasteiger partial charge on any atom is -0.481 e. The van der Waals surface area contributed by atoms with Gasteiger partial charge in [0.15, 0.2) is 0 Å². The Balaban J connectivity index is 2.00. The van der Waals surface area contributed by atoms with Crippen LogP contribution in [0.1, 0.15) is 37.9 Å². The van der Waals surface area contributed by atoms with Gasteiger partial charge in [-0.05, 0) is 19.8 Å². The first-order valence-electron chi connectivity index (χ1n) is 6.15. The minimum absolute atomic E-state index is 0.213. The number of carboxylic acid groups (broad SMARTS) is 1. The topological polar surface area (TPSA) is 104 Å². The van der Waals surface area contributed by atoms with Crippen LogP contribution in [0.15, 0.2) is 0 Å². The van der Waals surface area contributed by atoms with Crippen LogP contribution in [0.3, 0.4) is 0 Å². The summed E-state index contributed by atoms with van der Waals surface area (Å²) in [4.78, 5) is 25.7. The van der Waals surface area contributed by atoms with Crippen molar-refractivity contribution in [2.75, 3.05) is 11.9 Å². The van der Waals surface area contributed by atoms with E-state index >= 15 is 0 Å². The smallest absolute Gasteiger partial charge is 0.321 e. The van der Waals surface area contributed by atoms with Gasteiger partial charge in [-0.25, -0.2) is 9.78 Å². The predicted molar refractivity (Wildman–Crippen MR) is 72.4 cm³/mol. The van der Waals surface area contributed by atoms with Crippen molar-refractivity contribution in [1.82, 2.24) is 14.7 Å². The standard InChI is InChI=1S/C11H18N4O3S/c1-8-13-11(19-15-8)14-10(18)12-7-5-3-2-4-6-9(16)17/h2-7H2,1H3,(H,16,17)(H2,12,13,14,15,18). The number of aromatic nitrogens is 2. The van der Waals surface area contributed by atoms with Crippen molar-refractivity contribution in [1.29, 1.82) is 0 Å². The lowest BCUT2D eigenvalue weighted by atomic mass is 10.1. The van der Waals surface area contributed by atoms with Crippen LogP contribution in [-0.4, -0.2) is 33.0 Å². The number of aryl methyl sites for hydroxylation is 1. The first-order valence-corrected chi connectivity index (χ1v) is 6.92. The number of carboxylic acids is 1. The molecule has 7 nitrogen and oxygen atoms in total. The Bertz CT molecular complexity index is 422. The average molecular weight is 286 g/mol. The van der Waals surface area contributed by atoms with Gasteiger partial charge >= 0.3 is 12.0 Å². The van der Waals surface area contributed by atoms with Gasteiger partial charge in [-0.2, -0.15) is 4.37 Å². The summed E-state index contributed by atoms with van der Waals surface area (Å²) in [5.74, 6) is -0.122. The summed E-state index contributed by atoms with van der Waals surface area (Å²) in [5.41, 5.74) is 0. The van der Waals surface area contributed by atoms with E-state index in [4.69, 9.17) is 5.11 Å². The van der Waals surface area contributed by atoms with E-state index in [1.807, 2.05) is 0 Å². The van der Waals surface area contributed by atoms with E-state index < -0.39 is 5.97 Å². The summed E-state index contributed by atoms with van der Waals surface area (Å²) < 4.78 is 3.95. The number of hydrogen-bond acceptors (Lipinski definition) is 5. The molecule has 19 heavy (non-hydrogen) atoms. The van der Waals surface area contributed by atoms with E-state index in [-0.39, 0.29) is 12.5 Å². The number of anilines is 1. The zero-order chi connectivity index (χ0) is 14.1. The molecule has 0 aliphatic rings. The highest BCUT2D eigenvalue weighted by Crippen LogP contribution is 2.09. The Hall–Kier alpha value is -1.70. The molecule has 1 heterocycles. The van der Waals surface area contributed by atoms with Crippen molar-refractivity contribution in [2.45, 2.75) is 39.0 Å². The SMILES string of the molecule is Cc1nsc(NC(=O)NCCCCCCC(=O)O)n1. The molecule has 0 saturated heterocycles. The number of hydrogen-bond donors (Lipinski definition) is 3. The van der Waals surface area contributed by atoms with Crippen molar-refractivity contribution < 1.29 is 14.7 Å². The van der Waals surface area contributed by atoms with Gasteiger partial charge in [0.25, 0.3) is 0 Å². The second kappa shape index (κ2) is 8.41. The van der Waals surface area contributed by atoms with Crippen LogP contribution in [0.25, 0.3) is 0 Å². The fraction of sp³-hybridized carbons (Fsp3) is 0.636. The third-order valence-corrected chi connectivity index (χ3v) is 3.07. The fourth-order valence-corrected chi connectivity index (χ4v) is 2.02. The number of carbonyl (C=O) groups is 2. The molecule has 0 aromatic carbocycles. The summed E-state index contributed by atoms with van der Waals surface area (Å²) in [7, 11) is 0. The molecule has 0 saturated carbocycles. The molecule has 0 spiro atoms. The van der Waals surface area contributed by atoms with Gasteiger partial charge in [0, 0.05) is 24.5 Å². The number of rotatable bonds is 8. The van der Waals surface area contributed by atoms with Crippen molar-refractivity contribution in [2.24, 2.45) is 0 Å². The number of urea groups is 1. The number of amides is 2. The monoisotopic (exact) mass is 286 g/mol. The predicted octanol–water partition coefficient (Wildman–Crippen LogP) is 2.00. The van der Waals surface area contributed by atoms with Gasteiger partial charge in [0.05, 0.1) is 0 Å². The van der Waals surface area contributed by atoms with Gasteiger partial charge in [0.2, 0.25) is 5.13 Å². The number of aliphatic carboxylic acids is 1. The van der Waals surface area contributed by atoms with Crippen LogP contribution in [0.2, 0.25) is 0 Å². The minimum atomic E-state index is -0.759. The molecule has 0 aliphatic carbocycles. The van der Waals surface area contributed by atoms with Crippen molar-refractivity contribution >= 4 is 28.7 Å². The molecule has 0 aliphatic heterocycles. The molecule has 3 N–H and O–H groups in total. The van der Waals surface area contributed by atoms with Crippen LogP contribution in [0.4, 0.5) is 9.93 Å². The quantitative estimate of drug-likeness (QED) is 0.634. The van der Waals surface area contributed by atoms with Gasteiger partial charge in [-0.1, -0.05) is 12.8 Å². The molecule has 106 valence electrons. The zero-order valence-corrected chi connectivity index (χ0v) is 11.6. The van der Waals surface area contributed by atoms with Crippen LogP contribution < -0.4 is 10.6 Å². The lowest BCUT2D eigenvalue weighted by molar-refractivity contribution is -0.137. The Labute approximate surface area is 115 Å². The third kappa shape index (κ3) is 7.35. The Kier molecular flexibility index (Phi) is 6.80. The molecular formula is C11H18N4O3S. The van der Waals surface area contributed by atoms with Crippen LogP contribution in [-0.2, 0) is 4.79 Å². The summed E-state index contributed by atoms with van der Waals surface area (Å²) in [6, 6.07) is -0.290. The highest BCUT2D eigenvalue weighted by atomic mass is 32.1. The lowest BCUT2D eigenvalue weighted by Crippen LogP contribution is -2.29. The number of unbranched alkanes of at least 4 members (excludes halogenated alkanes) is 3. The maximum absolute atomic E-state index is 11.4. The molecular weight excluding hydrogens is 268 g/mol. The summed E-state index contributed by atoms with van der Waals surface area (Å²) in [6.07, 6.45) is 3.51. The maximum Gasteiger partial charge on any atom is 0.321 e.